The lowest BCUT2D eigenvalue weighted by Gasteiger charge is -2.22. The van der Waals surface area contributed by atoms with Crippen LogP contribution < -0.4 is 14.8 Å². The minimum atomic E-state index is -0.306. The van der Waals surface area contributed by atoms with E-state index in [1.165, 1.54) is 6.26 Å². The Morgan fingerprint density at radius 2 is 1.90 bits per heavy atom. The van der Waals surface area contributed by atoms with Crippen molar-refractivity contribution in [1.82, 2.24) is 5.32 Å². The van der Waals surface area contributed by atoms with Gasteiger partial charge in [0.1, 0.15) is 13.2 Å². The number of fused-ring (bicyclic) bond motifs is 1. The van der Waals surface area contributed by atoms with E-state index >= 15 is 0 Å². The van der Waals surface area contributed by atoms with Gasteiger partial charge in [0, 0.05) is 0 Å². The number of benzene rings is 1. The summed E-state index contributed by atoms with van der Waals surface area (Å²) in [6.07, 6.45) is 3.33. The van der Waals surface area contributed by atoms with Gasteiger partial charge in [0.15, 0.2) is 17.3 Å². The maximum Gasteiger partial charge on any atom is 0.287 e. The third kappa shape index (κ3) is 2.14. The van der Waals surface area contributed by atoms with Crippen LogP contribution in [0.4, 0.5) is 0 Å². The van der Waals surface area contributed by atoms with E-state index in [-0.39, 0.29) is 11.4 Å². The summed E-state index contributed by atoms with van der Waals surface area (Å²) in [6, 6.07) is 9.23. The molecule has 0 atom stereocenters. The van der Waals surface area contributed by atoms with Crippen molar-refractivity contribution >= 4 is 5.91 Å². The molecule has 0 radical (unpaired) electrons. The normalized spacial score (nSPS) is 18.1. The molecule has 5 heteroatoms. The van der Waals surface area contributed by atoms with Crippen LogP contribution in [0.15, 0.2) is 41.0 Å². The van der Waals surface area contributed by atoms with Crippen LogP contribution >= 0.6 is 0 Å². The summed E-state index contributed by atoms with van der Waals surface area (Å²) in [7, 11) is 0. The molecule has 0 spiro atoms. The minimum absolute atomic E-state index is 0.188. The third-order valence-electron chi connectivity index (χ3n) is 3.94. The molecule has 2 aliphatic rings. The predicted molar refractivity (Wildman–Crippen MR) is 74.5 cm³/mol. The Morgan fingerprint density at radius 3 is 2.62 bits per heavy atom. The lowest BCUT2D eigenvalue weighted by molar-refractivity contribution is 0.0902. The average molecular weight is 285 g/mol. The summed E-state index contributed by atoms with van der Waals surface area (Å²) >= 11 is 0. The van der Waals surface area contributed by atoms with E-state index in [1.54, 1.807) is 12.1 Å². The quantitative estimate of drug-likeness (QED) is 0.941. The zero-order chi connectivity index (χ0) is 14.3. The number of furan rings is 1. The summed E-state index contributed by atoms with van der Waals surface area (Å²) in [5.41, 5.74) is 0.742. The lowest BCUT2D eigenvalue weighted by Crippen LogP contribution is -2.34. The molecule has 2 heterocycles. The van der Waals surface area contributed by atoms with Gasteiger partial charge in [-0.1, -0.05) is 6.07 Å². The van der Waals surface area contributed by atoms with Crippen LogP contribution in [0, 0.1) is 0 Å². The van der Waals surface area contributed by atoms with Crippen LogP contribution in [-0.2, 0) is 5.54 Å². The second kappa shape index (κ2) is 4.55. The van der Waals surface area contributed by atoms with Gasteiger partial charge < -0.3 is 19.2 Å². The average Bonchev–Trinajstić information content (AvgIpc) is 3.09. The monoisotopic (exact) mass is 285 g/mol. The van der Waals surface area contributed by atoms with E-state index in [0.717, 1.165) is 29.9 Å². The number of carbonyl (C=O) groups is 1. The van der Waals surface area contributed by atoms with Crippen molar-refractivity contribution in [1.29, 1.82) is 0 Å². The molecule has 0 bridgehead atoms. The van der Waals surface area contributed by atoms with Crippen molar-refractivity contribution in [2.24, 2.45) is 0 Å². The molecule has 1 amide bonds. The molecule has 1 aromatic carbocycles. The van der Waals surface area contributed by atoms with Gasteiger partial charge in [-0.2, -0.15) is 0 Å². The van der Waals surface area contributed by atoms with Gasteiger partial charge >= 0.3 is 0 Å². The smallest absolute Gasteiger partial charge is 0.287 e. The van der Waals surface area contributed by atoms with Gasteiger partial charge in [0.05, 0.1) is 11.8 Å². The Bertz CT molecular complexity index is 674. The van der Waals surface area contributed by atoms with Crippen molar-refractivity contribution in [3.8, 4) is 11.5 Å². The van der Waals surface area contributed by atoms with Crippen molar-refractivity contribution in [3.63, 3.8) is 0 Å². The molecule has 1 aliphatic carbocycles. The molecule has 4 rings (SSSR count). The van der Waals surface area contributed by atoms with Crippen LogP contribution in [0.25, 0.3) is 0 Å². The number of amides is 1. The van der Waals surface area contributed by atoms with Crippen molar-refractivity contribution in [3.05, 3.63) is 47.9 Å². The fourth-order valence-electron chi connectivity index (χ4n) is 2.64. The van der Waals surface area contributed by atoms with E-state index in [1.807, 2.05) is 18.2 Å². The maximum atomic E-state index is 12.2. The summed E-state index contributed by atoms with van der Waals surface area (Å²) in [6.45, 7) is 1.13. The Kier molecular flexibility index (Phi) is 2.67. The number of nitrogens with one attached hydrogen (secondary N) is 1. The molecular weight excluding hydrogens is 270 g/mol. The zero-order valence-electron chi connectivity index (χ0n) is 11.4. The fourth-order valence-corrected chi connectivity index (χ4v) is 2.64. The van der Waals surface area contributed by atoms with Gasteiger partial charge in [-0.05, 0) is 42.7 Å². The summed E-state index contributed by atoms with van der Waals surface area (Å²) in [5, 5.41) is 3.06. The zero-order valence-corrected chi connectivity index (χ0v) is 11.4. The number of ether oxygens (including phenoxy) is 2. The molecule has 1 N–H and O–H groups in total. The fraction of sp³-hybridized carbons (Fsp3) is 0.312. The minimum Gasteiger partial charge on any atom is -0.486 e. The SMILES string of the molecule is O=C(NC1(c2ccc3c(c2)OCCO3)CC1)c1ccco1. The number of carbonyl (C=O) groups excluding carboxylic acids is 1. The molecule has 5 nitrogen and oxygen atoms in total. The van der Waals surface area contributed by atoms with Gasteiger partial charge in [0.25, 0.3) is 5.91 Å². The highest BCUT2D eigenvalue weighted by Gasteiger charge is 2.46. The summed E-state index contributed by atoms with van der Waals surface area (Å²) in [4.78, 5) is 12.2. The number of hydrogen-bond acceptors (Lipinski definition) is 4. The summed E-state index contributed by atoms with van der Waals surface area (Å²) < 4.78 is 16.3. The maximum absolute atomic E-state index is 12.2. The molecule has 1 aliphatic heterocycles. The van der Waals surface area contributed by atoms with Crippen LogP contribution in [0.2, 0.25) is 0 Å². The highest BCUT2D eigenvalue weighted by Crippen LogP contribution is 2.48. The Hall–Kier alpha value is -2.43. The van der Waals surface area contributed by atoms with E-state index in [2.05, 4.69) is 5.32 Å². The largest absolute Gasteiger partial charge is 0.486 e. The van der Waals surface area contributed by atoms with Crippen molar-refractivity contribution in [2.45, 2.75) is 18.4 Å². The lowest BCUT2D eigenvalue weighted by atomic mass is 10.0. The van der Waals surface area contributed by atoms with E-state index < -0.39 is 0 Å². The number of rotatable bonds is 3. The molecule has 1 fully saturated rings. The topological polar surface area (TPSA) is 60.7 Å². The van der Waals surface area contributed by atoms with E-state index in [9.17, 15) is 4.79 Å². The van der Waals surface area contributed by atoms with Crippen molar-refractivity contribution in [2.75, 3.05) is 13.2 Å². The number of hydrogen-bond donors (Lipinski definition) is 1. The van der Waals surface area contributed by atoms with Crippen LogP contribution in [0.3, 0.4) is 0 Å². The molecule has 0 saturated heterocycles. The first kappa shape index (κ1) is 12.3. The van der Waals surface area contributed by atoms with Crippen LogP contribution in [0.1, 0.15) is 29.0 Å². The molecule has 21 heavy (non-hydrogen) atoms. The van der Waals surface area contributed by atoms with Gasteiger partial charge in [-0.3, -0.25) is 4.79 Å². The first-order chi connectivity index (χ1) is 10.3. The van der Waals surface area contributed by atoms with Crippen molar-refractivity contribution < 1.29 is 18.7 Å². The third-order valence-corrected chi connectivity index (χ3v) is 3.94. The van der Waals surface area contributed by atoms with Gasteiger partial charge in [0.2, 0.25) is 0 Å². The van der Waals surface area contributed by atoms with Crippen LogP contribution in [-0.4, -0.2) is 19.1 Å². The van der Waals surface area contributed by atoms with E-state index in [0.29, 0.717) is 19.0 Å². The molecule has 0 unspecified atom stereocenters. The van der Waals surface area contributed by atoms with Gasteiger partial charge in [-0.15, -0.1) is 0 Å². The Labute approximate surface area is 121 Å². The predicted octanol–water partition coefficient (Wildman–Crippen LogP) is 2.47. The van der Waals surface area contributed by atoms with Gasteiger partial charge in [-0.25, -0.2) is 0 Å². The highest BCUT2D eigenvalue weighted by atomic mass is 16.6. The molecule has 1 saturated carbocycles. The molecule has 1 aromatic heterocycles. The first-order valence-corrected chi connectivity index (χ1v) is 7.03. The van der Waals surface area contributed by atoms with E-state index in [4.69, 9.17) is 13.9 Å². The Balaban J connectivity index is 1.59. The second-order valence-electron chi connectivity index (χ2n) is 5.37. The molecule has 2 aromatic rings. The van der Waals surface area contributed by atoms with Crippen LogP contribution in [0.5, 0.6) is 11.5 Å². The highest BCUT2D eigenvalue weighted by molar-refractivity contribution is 5.92. The Morgan fingerprint density at radius 1 is 1.10 bits per heavy atom. The molecule has 108 valence electrons. The molecular formula is C16H15NO4. The summed E-state index contributed by atoms with van der Waals surface area (Å²) in [5.74, 6) is 1.65. The first-order valence-electron chi connectivity index (χ1n) is 7.03. The second-order valence-corrected chi connectivity index (χ2v) is 5.37. The standard InChI is InChI=1S/C16H15NO4/c18-15(13-2-1-7-19-13)17-16(5-6-16)11-3-4-12-14(10-11)21-9-8-20-12/h1-4,7,10H,5-6,8-9H2,(H,17,18).